The SMILES string of the molecule is CCNC(=NCc1nncn1-c1ccccc1)NC(C)C.I. The summed E-state index contributed by atoms with van der Waals surface area (Å²) in [5.41, 5.74) is 1.04. The van der Waals surface area contributed by atoms with Gasteiger partial charge in [0.25, 0.3) is 0 Å². The zero-order valence-electron chi connectivity index (χ0n) is 13.2. The molecule has 2 rings (SSSR count). The lowest BCUT2D eigenvalue weighted by Gasteiger charge is -2.14. The van der Waals surface area contributed by atoms with Crippen LogP contribution in [0, 0.1) is 0 Å². The van der Waals surface area contributed by atoms with Gasteiger partial charge in [0.05, 0.1) is 0 Å². The van der Waals surface area contributed by atoms with Gasteiger partial charge in [-0.05, 0) is 32.9 Å². The third-order valence-electron chi connectivity index (χ3n) is 2.80. The summed E-state index contributed by atoms with van der Waals surface area (Å²) >= 11 is 0. The van der Waals surface area contributed by atoms with Gasteiger partial charge in [-0.15, -0.1) is 34.2 Å². The van der Waals surface area contributed by atoms with Crippen molar-refractivity contribution in [3.8, 4) is 5.69 Å². The van der Waals surface area contributed by atoms with Gasteiger partial charge in [0.1, 0.15) is 12.9 Å². The molecule has 0 unspecified atom stereocenters. The summed E-state index contributed by atoms with van der Waals surface area (Å²) in [5, 5.41) is 14.6. The van der Waals surface area contributed by atoms with Crippen molar-refractivity contribution in [2.45, 2.75) is 33.4 Å². The van der Waals surface area contributed by atoms with Crippen molar-refractivity contribution in [2.24, 2.45) is 4.99 Å². The van der Waals surface area contributed by atoms with Crippen LogP contribution in [0.5, 0.6) is 0 Å². The van der Waals surface area contributed by atoms with Gasteiger partial charge in [-0.3, -0.25) is 4.57 Å². The molecule has 1 aromatic heterocycles. The van der Waals surface area contributed by atoms with E-state index in [1.807, 2.05) is 41.8 Å². The van der Waals surface area contributed by atoms with Crippen molar-refractivity contribution < 1.29 is 0 Å². The molecule has 0 saturated carbocycles. The number of nitrogens with zero attached hydrogens (tertiary/aromatic N) is 4. The molecule has 0 aliphatic rings. The van der Waals surface area contributed by atoms with Crippen LogP contribution in [0.1, 0.15) is 26.6 Å². The Balaban J connectivity index is 0.00000242. The summed E-state index contributed by atoms with van der Waals surface area (Å²) in [5.74, 6) is 1.59. The predicted molar refractivity (Wildman–Crippen MR) is 99.9 cm³/mol. The fourth-order valence-electron chi connectivity index (χ4n) is 1.91. The van der Waals surface area contributed by atoms with Crippen LogP contribution in [0.25, 0.3) is 5.69 Å². The first-order valence-corrected chi connectivity index (χ1v) is 7.20. The Hall–Kier alpha value is -1.64. The van der Waals surface area contributed by atoms with Crippen LogP contribution in [0.3, 0.4) is 0 Å². The minimum absolute atomic E-state index is 0. The number of nitrogens with one attached hydrogen (secondary N) is 2. The van der Waals surface area contributed by atoms with Crippen molar-refractivity contribution >= 4 is 29.9 Å². The van der Waals surface area contributed by atoms with E-state index >= 15 is 0 Å². The Kier molecular flexibility index (Phi) is 7.86. The van der Waals surface area contributed by atoms with Crippen LogP contribution >= 0.6 is 24.0 Å². The van der Waals surface area contributed by atoms with E-state index in [0.29, 0.717) is 12.6 Å². The largest absolute Gasteiger partial charge is 0.357 e. The second-order valence-electron chi connectivity index (χ2n) is 4.95. The lowest BCUT2D eigenvalue weighted by molar-refractivity contribution is 0.697. The molecule has 2 N–H and O–H groups in total. The molecule has 0 amide bonds. The monoisotopic (exact) mass is 414 g/mol. The Labute approximate surface area is 148 Å². The molecule has 22 heavy (non-hydrogen) atoms. The molecule has 0 atom stereocenters. The van der Waals surface area contributed by atoms with Crippen molar-refractivity contribution in [3.63, 3.8) is 0 Å². The minimum atomic E-state index is 0. The second kappa shape index (κ2) is 9.39. The smallest absolute Gasteiger partial charge is 0.191 e. The van der Waals surface area contributed by atoms with Crippen molar-refractivity contribution in [1.82, 2.24) is 25.4 Å². The number of aliphatic imine (C=N–C) groups is 1. The average molecular weight is 414 g/mol. The Morgan fingerprint density at radius 2 is 2.00 bits per heavy atom. The standard InChI is InChI=1S/C15H22N6.HI/c1-4-16-15(19-12(2)3)17-10-14-20-18-11-21(14)13-8-6-5-7-9-13;/h5-9,11-12H,4,10H2,1-3H3,(H2,16,17,19);1H. The summed E-state index contributed by atoms with van der Waals surface area (Å²) in [6.45, 7) is 7.50. The zero-order valence-corrected chi connectivity index (χ0v) is 15.5. The number of aromatic nitrogens is 3. The molecule has 6 nitrogen and oxygen atoms in total. The first-order chi connectivity index (χ1) is 10.2. The maximum Gasteiger partial charge on any atom is 0.191 e. The fourth-order valence-corrected chi connectivity index (χ4v) is 1.91. The van der Waals surface area contributed by atoms with Gasteiger partial charge in [0.2, 0.25) is 0 Å². The van der Waals surface area contributed by atoms with Gasteiger partial charge in [0, 0.05) is 18.3 Å². The highest BCUT2D eigenvalue weighted by Gasteiger charge is 2.06. The second-order valence-corrected chi connectivity index (χ2v) is 4.95. The molecular formula is C15H23IN6. The Bertz CT molecular complexity index is 579. The van der Waals surface area contributed by atoms with E-state index in [1.54, 1.807) is 6.33 Å². The Morgan fingerprint density at radius 3 is 2.64 bits per heavy atom. The number of hydrogen-bond donors (Lipinski definition) is 2. The first kappa shape index (κ1) is 18.4. The minimum Gasteiger partial charge on any atom is -0.357 e. The number of para-hydroxylation sites is 1. The molecule has 0 aliphatic carbocycles. The molecule has 1 aromatic carbocycles. The van der Waals surface area contributed by atoms with E-state index in [2.05, 4.69) is 39.7 Å². The molecule has 2 aromatic rings. The van der Waals surface area contributed by atoms with Gasteiger partial charge in [-0.25, -0.2) is 4.99 Å². The van der Waals surface area contributed by atoms with Crippen LogP contribution in [0.4, 0.5) is 0 Å². The number of guanidine groups is 1. The maximum absolute atomic E-state index is 4.55. The molecule has 0 aliphatic heterocycles. The third-order valence-corrected chi connectivity index (χ3v) is 2.80. The lowest BCUT2D eigenvalue weighted by atomic mass is 10.3. The summed E-state index contributed by atoms with van der Waals surface area (Å²) < 4.78 is 1.95. The van der Waals surface area contributed by atoms with Crippen LogP contribution in [-0.2, 0) is 6.54 Å². The summed E-state index contributed by atoms with van der Waals surface area (Å²) in [6.07, 6.45) is 1.71. The number of halogens is 1. The van der Waals surface area contributed by atoms with E-state index in [9.17, 15) is 0 Å². The summed E-state index contributed by atoms with van der Waals surface area (Å²) in [6, 6.07) is 10.3. The highest BCUT2D eigenvalue weighted by atomic mass is 127. The Morgan fingerprint density at radius 1 is 1.27 bits per heavy atom. The summed E-state index contributed by atoms with van der Waals surface area (Å²) in [4.78, 5) is 4.55. The van der Waals surface area contributed by atoms with Gasteiger partial charge in [-0.2, -0.15) is 0 Å². The number of hydrogen-bond acceptors (Lipinski definition) is 3. The summed E-state index contributed by atoms with van der Waals surface area (Å²) in [7, 11) is 0. The zero-order chi connectivity index (χ0) is 15.1. The molecular weight excluding hydrogens is 391 g/mol. The van der Waals surface area contributed by atoms with Crippen LogP contribution in [-0.4, -0.2) is 33.3 Å². The van der Waals surface area contributed by atoms with Gasteiger partial charge >= 0.3 is 0 Å². The number of benzene rings is 1. The van der Waals surface area contributed by atoms with Crippen LogP contribution in [0.2, 0.25) is 0 Å². The molecule has 0 radical (unpaired) electrons. The third kappa shape index (κ3) is 5.28. The maximum atomic E-state index is 4.55. The highest BCUT2D eigenvalue weighted by Crippen LogP contribution is 2.09. The average Bonchev–Trinajstić information content (AvgIpc) is 2.94. The van der Waals surface area contributed by atoms with Crippen LogP contribution < -0.4 is 10.6 Å². The van der Waals surface area contributed by atoms with Gasteiger partial charge in [0.15, 0.2) is 11.8 Å². The highest BCUT2D eigenvalue weighted by molar-refractivity contribution is 14.0. The normalized spacial score (nSPS) is 11.2. The number of rotatable bonds is 5. The van der Waals surface area contributed by atoms with E-state index in [0.717, 1.165) is 24.0 Å². The fraction of sp³-hybridized carbons (Fsp3) is 0.400. The van der Waals surface area contributed by atoms with Crippen LogP contribution in [0.15, 0.2) is 41.7 Å². The molecule has 0 bridgehead atoms. The van der Waals surface area contributed by atoms with E-state index in [1.165, 1.54) is 0 Å². The quantitative estimate of drug-likeness (QED) is 0.448. The van der Waals surface area contributed by atoms with E-state index in [-0.39, 0.29) is 24.0 Å². The molecule has 7 heteroatoms. The molecule has 120 valence electrons. The van der Waals surface area contributed by atoms with Gasteiger partial charge in [-0.1, -0.05) is 18.2 Å². The van der Waals surface area contributed by atoms with Gasteiger partial charge < -0.3 is 10.6 Å². The lowest BCUT2D eigenvalue weighted by Crippen LogP contribution is -2.41. The molecule has 0 saturated heterocycles. The molecule has 0 fully saturated rings. The van der Waals surface area contributed by atoms with E-state index in [4.69, 9.17) is 0 Å². The van der Waals surface area contributed by atoms with Crippen molar-refractivity contribution in [2.75, 3.05) is 6.54 Å². The van der Waals surface area contributed by atoms with E-state index < -0.39 is 0 Å². The van der Waals surface area contributed by atoms with Crippen molar-refractivity contribution in [1.29, 1.82) is 0 Å². The van der Waals surface area contributed by atoms with Crippen molar-refractivity contribution in [3.05, 3.63) is 42.5 Å². The topological polar surface area (TPSA) is 67.1 Å². The molecule has 1 heterocycles. The molecule has 0 spiro atoms. The first-order valence-electron chi connectivity index (χ1n) is 7.20. The predicted octanol–water partition coefficient (Wildman–Crippen LogP) is 2.35.